The second-order valence-corrected chi connectivity index (χ2v) is 5.73. The first-order chi connectivity index (χ1) is 10.9. The third-order valence-electron chi connectivity index (χ3n) is 3.28. The van der Waals surface area contributed by atoms with E-state index < -0.39 is 0 Å². The van der Waals surface area contributed by atoms with Gasteiger partial charge in [0.25, 0.3) is 0 Å². The predicted molar refractivity (Wildman–Crippen MR) is 88.6 cm³/mol. The average Bonchev–Trinajstić information content (AvgIpc) is 2.49. The van der Waals surface area contributed by atoms with E-state index in [2.05, 4.69) is 0 Å². The van der Waals surface area contributed by atoms with Crippen molar-refractivity contribution in [3.05, 3.63) is 59.2 Å². The molecule has 0 radical (unpaired) electrons. The first kappa shape index (κ1) is 16.9. The molecule has 4 nitrogen and oxygen atoms in total. The smallest absolute Gasteiger partial charge is 0.302 e. The van der Waals surface area contributed by atoms with Gasteiger partial charge in [-0.25, -0.2) is 0 Å². The van der Waals surface area contributed by atoms with Gasteiger partial charge in [-0.05, 0) is 48.7 Å². The van der Waals surface area contributed by atoms with E-state index in [1.54, 1.807) is 6.07 Å². The van der Waals surface area contributed by atoms with Crippen LogP contribution in [0.25, 0.3) is 0 Å². The quantitative estimate of drug-likeness (QED) is 0.823. The number of benzene rings is 2. The van der Waals surface area contributed by atoms with Crippen LogP contribution in [0.15, 0.2) is 42.5 Å². The van der Waals surface area contributed by atoms with Gasteiger partial charge in [-0.15, -0.1) is 0 Å². The fraction of sp³-hybridized carbons (Fsp3) is 0.316. The summed E-state index contributed by atoms with van der Waals surface area (Å²) >= 11 is 0. The Labute approximate surface area is 136 Å². The van der Waals surface area contributed by atoms with Crippen molar-refractivity contribution >= 4 is 5.97 Å². The molecule has 1 N–H and O–H groups in total. The number of hydrogen-bond acceptors (Lipinski definition) is 4. The Hall–Kier alpha value is -2.49. The average molecular weight is 314 g/mol. The fourth-order valence-corrected chi connectivity index (χ4v) is 2.21. The zero-order valence-electron chi connectivity index (χ0n) is 13.7. The molecular formula is C19H22O4. The maximum atomic E-state index is 10.8. The molecule has 0 atom stereocenters. The molecule has 0 aliphatic heterocycles. The number of hydrogen-bond donors (Lipinski definition) is 1. The lowest BCUT2D eigenvalue weighted by Gasteiger charge is -2.11. The molecule has 0 bridgehead atoms. The largest absolute Gasteiger partial charge is 0.508 e. The van der Waals surface area contributed by atoms with Gasteiger partial charge in [0.1, 0.15) is 18.1 Å². The maximum absolute atomic E-state index is 10.8. The van der Waals surface area contributed by atoms with Crippen LogP contribution in [0.2, 0.25) is 0 Å². The van der Waals surface area contributed by atoms with E-state index in [4.69, 9.17) is 9.47 Å². The summed E-state index contributed by atoms with van der Waals surface area (Å²) in [5.41, 5.74) is 2.68. The first-order valence-corrected chi connectivity index (χ1v) is 7.64. The molecule has 23 heavy (non-hydrogen) atoms. The van der Waals surface area contributed by atoms with Gasteiger partial charge in [0.15, 0.2) is 0 Å². The van der Waals surface area contributed by atoms with Crippen LogP contribution >= 0.6 is 0 Å². The van der Waals surface area contributed by atoms with E-state index in [0.717, 1.165) is 22.4 Å². The zero-order valence-corrected chi connectivity index (χ0v) is 13.7. The molecule has 122 valence electrons. The van der Waals surface area contributed by atoms with Gasteiger partial charge in [-0.3, -0.25) is 4.79 Å². The number of rotatable bonds is 6. The highest BCUT2D eigenvalue weighted by Gasteiger charge is 2.06. The van der Waals surface area contributed by atoms with E-state index in [0.29, 0.717) is 6.42 Å². The minimum absolute atomic E-state index is 0.148. The summed E-state index contributed by atoms with van der Waals surface area (Å²) < 4.78 is 10.5. The molecule has 0 saturated carbocycles. The molecule has 0 unspecified atom stereocenters. The minimum Gasteiger partial charge on any atom is -0.508 e. The molecule has 4 heteroatoms. The molecule has 0 aliphatic rings. The molecule has 0 amide bonds. The predicted octanol–water partition coefficient (Wildman–Crippen LogP) is 3.83. The van der Waals surface area contributed by atoms with Crippen LogP contribution in [0.1, 0.15) is 37.5 Å². The van der Waals surface area contributed by atoms with Gasteiger partial charge in [-0.2, -0.15) is 0 Å². The van der Waals surface area contributed by atoms with Gasteiger partial charge in [0, 0.05) is 13.3 Å². The second-order valence-electron chi connectivity index (χ2n) is 5.73. The van der Waals surface area contributed by atoms with Gasteiger partial charge in [0.2, 0.25) is 0 Å². The van der Waals surface area contributed by atoms with Crippen LogP contribution in [-0.2, 0) is 22.6 Å². The van der Waals surface area contributed by atoms with Crippen molar-refractivity contribution in [3.63, 3.8) is 0 Å². The zero-order chi connectivity index (χ0) is 16.8. The lowest BCUT2D eigenvalue weighted by atomic mass is 10.0. The minimum atomic E-state index is -0.336. The van der Waals surface area contributed by atoms with Gasteiger partial charge in [0.05, 0.1) is 6.10 Å². The second kappa shape index (κ2) is 7.68. The Bertz CT molecular complexity index is 660. The van der Waals surface area contributed by atoms with E-state index in [-0.39, 0.29) is 24.4 Å². The van der Waals surface area contributed by atoms with Crippen molar-refractivity contribution in [2.75, 3.05) is 0 Å². The number of phenolic OH excluding ortho intramolecular Hbond substituents is 1. The van der Waals surface area contributed by atoms with Gasteiger partial charge in [-0.1, -0.05) is 24.3 Å². The molecule has 0 fully saturated rings. The van der Waals surface area contributed by atoms with Crippen molar-refractivity contribution in [2.24, 2.45) is 0 Å². The molecule has 2 rings (SSSR count). The molecule has 2 aromatic carbocycles. The number of carbonyl (C=O) groups excluding carboxylic acids is 1. The monoisotopic (exact) mass is 314 g/mol. The highest BCUT2D eigenvalue weighted by atomic mass is 16.5. The van der Waals surface area contributed by atoms with E-state index in [1.807, 2.05) is 50.2 Å². The molecule has 0 aromatic heterocycles. The van der Waals surface area contributed by atoms with Gasteiger partial charge < -0.3 is 14.6 Å². The summed E-state index contributed by atoms with van der Waals surface area (Å²) in [5, 5.41) is 10.1. The van der Waals surface area contributed by atoms with E-state index >= 15 is 0 Å². The van der Waals surface area contributed by atoms with Crippen LogP contribution in [0.3, 0.4) is 0 Å². The summed E-state index contributed by atoms with van der Waals surface area (Å²) in [6.07, 6.45) is 0.774. The highest BCUT2D eigenvalue weighted by molar-refractivity contribution is 5.65. The molecular weight excluding hydrogens is 292 g/mol. The topological polar surface area (TPSA) is 55.8 Å². The Morgan fingerprint density at radius 2 is 1.74 bits per heavy atom. The number of carbonyl (C=O) groups is 1. The number of aromatic hydroxyl groups is 1. The van der Waals surface area contributed by atoms with E-state index in [9.17, 15) is 9.90 Å². The Morgan fingerprint density at radius 3 is 2.30 bits per heavy atom. The Balaban J connectivity index is 2.03. The lowest BCUT2D eigenvalue weighted by Crippen LogP contribution is -2.05. The van der Waals surface area contributed by atoms with Crippen molar-refractivity contribution < 1.29 is 19.4 Å². The third kappa shape index (κ3) is 5.33. The Morgan fingerprint density at radius 1 is 1.09 bits per heavy atom. The normalized spacial score (nSPS) is 10.6. The summed E-state index contributed by atoms with van der Waals surface area (Å²) in [5.74, 6) is 0.708. The number of ether oxygens (including phenoxy) is 2. The van der Waals surface area contributed by atoms with Crippen LogP contribution in [0.4, 0.5) is 0 Å². The highest BCUT2D eigenvalue weighted by Crippen LogP contribution is 2.23. The molecule has 0 saturated heterocycles. The SMILES string of the molecule is CC(=O)OCc1ccc(Cc2ccc(OC(C)C)cc2)c(O)c1. The van der Waals surface area contributed by atoms with Crippen molar-refractivity contribution in [3.8, 4) is 11.5 Å². The van der Waals surface area contributed by atoms with Crippen LogP contribution in [-0.4, -0.2) is 17.2 Å². The summed E-state index contributed by atoms with van der Waals surface area (Å²) in [6, 6.07) is 13.2. The maximum Gasteiger partial charge on any atom is 0.302 e. The molecule has 0 heterocycles. The summed E-state index contributed by atoms with van der Waals surface area (Å²) in [4.78, 5) is 10.8. The number of phenols is 1. The van der Waals surface area contributed by atoms with E-state index in [1.165, 1.54) is 6.92 Å². The third-order valence-corrected chi connectivity index (χ3v) is 3.28. The van der Waals surface area contributed by atoms with Gasteiger partial charge >= 0.3 is 5.97 Å². The van der Waals surface area contributed by atoms with Crippen LogP contribution in [0, 0.1) is 0 Å². The molecule has 0 aliphatic carbocycles. The fourth-order valence-electron chi connectivity index (χ4n) is 2.21. The van der Waals surface area contributed by atoms with Crippen LogP contribution < -0.4 is 4.74 Å². The summed E-state index contributed by atoms with van der Waals surface area (Å²) in [7, 11) is 0. The Kier molecular flexibility index (Phi) is 5.63. The standard InChI is InChI=1S/C19H22O4/c1-13(2)23-18-8-5-15(6-9-18)10-17-7-4-16(11-19(17)21)12-22-14(3)20/h4-9,11,13,21H,10,12H2,1-3H3. The van der Waals surface area contributed by atoms with Crippen molar-refractivity contribution in [2.45, 2.75) is 39.9 Å². The molecule has 0 spiro atoms. The van der Waals surface area contributed by atoms with Crippen molar-refractivity contribution in [1.29, 1.82) is 0 Å². The summed E-state index contributed by atoms with van der Waals surface area (Å²) in [6.45, 7) is 5.51. The number of esters is 1. The lowest BCUT2D eigenvalue weighted by molar-refractivity contribution is -0.142. The first-order valence-electron chi connectivity index (χ1n) is 7.64. The van der Waals surface area contributed by atoms with Crippen molar-refractivity contribution in [1.82, 2.24) is 0 Å². The molecule has 2 aromatic rings. The van der Waals surface area contributed by atoms with Crippen LogP contribution in [0.5, 0.6) is 11.5 Å².